The summed E-state index contributed by atoms with van der Waals surface area (Å²) in [7, 11) is 0. The van der Waals surface area contributed by atoms with Gasteiger partial charge in [0.15, 0.2) is 5.13 Å². The fourth-order valence-electron chi connectivity index (χ4n) is 3.57. The molecule has 2 aromatic carbocycles. The molecule has 0 aliphatic carbocycles. The number of rotatable bonds is 5. The molecular formula is C22H24ClN3O2S. The number of fused-ring (bicyclic) bond motifs is 1. The lowest BCUT2D eigenvalue weighted by Crippen LogP contribution is -2.43. The smallest absolute Gasteiger partial charge is 0.260 e. The number of nitrogens with zero attached hydrogens (tertiary/aromatic N) is 3. The fourth-order valence-corrected chi connectivity index (χ4v) is 4.86. The topological polar surface area (TPSA) is 45.7 Å². The van der Waals surface area contributed by atoms with Crippen LogP contribution in [0.15, 0.2) is 36.4 Å². The van der Waals surface area contributed by atoms with Crippen LogP contribution >= 0.6 is 22.9 Å². The summed E-state index contributed by atoms with van der Waals surface area (Å²) in [5, 5.41) is 1.29. The maximum absolute atomic E-state index is 13.5. The lowest BCUT2D eigenvalue weighted by molar-refractivity contribution is 0.0391. The van der Waals surface area contributed by atoms with Gasteiger partial charge in [-0.05, 0) is 37.6 Å². The van der Waals surface area contributed by atoms with Gasteiger partial charge in [0.25, 0.3) is 5.91 Å². The summed E-state index contributed by atoms with van der Waals surface area (Å²) in [6, 6.07) is 11.7. The van der Waals surface area contributed by atoms with Gasteiger partial charge in [-0.3, -0.25) is 14.6 Å². The number of amides is 1. The predicted octanol–water partition coefficient (Wildman–Crippen LogP) is 4.55. The molecule has 0 bridgehead atoms. The highest BCUT2D eigenvalue weighted by molar-refractivity contribution is 7.22. The number of thiazole rings is 1. The second-order valence-corrected chi connectivity index (χ2v) is 8.73. The van der Waals surface area contributed by atoms with Crippen molar-refractivity contribution in [1.82, 2.24) is 9.88 Å². The quantitative estimate of drug-likeness (QED) is 0.597. The number of carbonyl (C=O) groups excluding carboxylic acids is 1. The first-order valence-electron chi connectivity index (χ1n) is 9.77. The third kappa shape index (κ3) is 4.46. The first-order chi connectivity index (χ1) is 14.0. The normalized spacial score (nSPS) is 15.0. The third-order valence-electron chi connectivity index (χ3n) is 5.19. The summed E-state index contributed by atoms with van der Waals surface area (Å²) in [5.74, 6) is -0.0223. The zero-order chi connectivity index (χ0) is 20.4. The number of benzene rings is 2. The van der Waals surface area contributed by atoms with E-state index in [0.29, 0.717) is 22.3 Å². The predicted molar refractivity (Wildman–Crippen MR) is 119 cm³/mol. The maximum Gasteiger partial charge on any atom is 0.260 e. The molecule has 0 saturated carbocycles. The monoisotopic (exact) mass is 429 g/mol. The molecule has 4 rings (SSSR count). The Labute approximate surface area is 179 Å². The summed E-state index contributed by atoms with van der Waals surface area (Å²) in [5.41, 5.74) is 3.58. The van der Waals surface area contributed by atoms with Crippen LogP contribution in [0.5, 0.6) is 0 Å². The number of morpholine rings is 1. The number of halogens is 1. The number of hydrogen-bond donors (Lipinski definition) is 0. The summed E-state index contributed by atoms with van der Waals surface area (Å²) >= 11 is 7.84. The molecule has 1 aliphatic rings. The van der Waals surface area contributed by atoms with E-state index in [2.05, 4.69) is 4.90 Å². The van der Waals surface area contributed by atoms with Crippen LogP contribution in [0.1, 0.15) is 21.5 Å². The van der Waals surface area contributed by atoms with Crippen LogP contribution in [-0.2, 0) is 4.74 Å². The first-order valence-corrected chi connectivity index (χ1v) is 11.0. The fraction of sp³-hybridized carbons (Fsp3) is 0.364. The molecule has 1 saturated heterocycles. The van der Waals surface area contributed by atoms with Gasteiger partial charge in [-0.1, -0.05) is 46.7 Å². The Balaban J connectivity index is 1.67. The minimum Gasteiger partial charge on any atom is -0.379 e. The van der Waals surface area contributed by atoms with E-state index in [1.54, 1.807) is 4.90 Å². The van der Waals surface area contributed by atoms with Crippen molar-refractivity contribution in [2.24, 2.45) is 0 Å². The van der Waals surface area contributed by atoms with Crippen molar-refractivity contribution in [3.8, 4) is 0 Å². The average Bonchev–Trinajstić information content (AvgIpc) is 3.14. The Morgan fingerprint density at radius 2 is 2.03 bits per heavy atom. The van der Waals surface area contributed by atoms with E-state index >= 15 is 0 Å². The third-order valence-corrected chi connectivity index (χ3v) is 6.54. The van der Waals surface area contributed by atoms with Gasteiger partial charge in [0.1, 0.15) is 5.52 Å². The second-order valence-electron chi connectivity index (χ2n) is 7.31. The van der Waals surface area contributed by atoms with Crippen LogP contribution in [0.2, 0.25) is 5.02 Å². The van der Waals surface area contributed by atoms with Crippen molar-refractivity contribution in [2.75, 3.05) is 44.3 Å². The lowest BCUT2D eigenvalue weighted by atomic mass is 10.0. The number of hydrogen-bond acceptors (Lipinski definition) is 5. The van der Waals surface area contributed by atoms with E-state index in [9.17, 15) is 4.79 Å². The SMILES string of the molecule is Cc1ccc(C(=O)N(CCN2CCOCC2)c2nc3c(Cl)cccc3s2)c(C)c1. The largest absolute Gasteiger partial charge is 0.379 e. The van der Waals surface area contributed by atoms with E-state index in [-0.39, 0.29) is 5.91 Å². The Morgan fingerprint density at radius 1 is 1.24 bits per heavy atom. The van der Waals surface area contributed by atoms with Crippen molar-refractivity contribution in [3.05, 3.63) is 58.1 Å². The number of aryl methyl sites for hydroxylation is 2. The summed E-state index contributed by atoms with van der Waals surface area (Å²) in [4.78, 5) is 22.4. The van der Waals surface area contributed by atoms with Crippen LogP contribution in [0, 0.1) is 13.8 Å². The van der Waals surface area contributed by atoms with Crippen LogP contribution in [-0.4, -0.2) is 55.2 Å². The van der Waals surface area contributed by atoms with E-state index in [0.717, 1.165) is 54.2 Å². The molecule has 1 aromatic heterocycles. The Kier molecular flexibility index (Phi) is 6.15. The highest BCUT2D eigenvalue weighted by Crippen LogP contribution is 2.33. The first kappa shape index (κ1) is 20.3. The Morgan fingerprint density at radius 3 is 2.76 bits per heavy atom. The number of para-hydroxylation sites is 1. The zero-order valence-corrected chi connectivity index (χ0v) is 18.2. The van der Waals surface area contributed by atoms with Crippen molar-refractivity contribution in [2.45, 2.75) is 13.8 Å². The van der Waals surface area contributed by atoms with Crippen molar-refractivity contribution < 1.29 is 9.53 Å². The van der Waals surface area contributed by atoms with Gasteiger partial charge in [-0.2, -0.15) is 0 Å². The minimum absolute atomic E-state index is 0.0223. The molecule has 0 N–H and O–H groups in total. The maximum atomic E-state index is 13.5. The van der Waals surface area contributed by atoms with E-state index in [4.69, 9.17) is 21.3 Å². The van der Waals surface area contributed by atoms with Gasteiger partial charge in [-0.25, -0.2) is 4.98 Å². The number of carbonyl (C=O) groups is 1. The van der Waals surface area contributed by atoms with Gasteiger partial charge in [0.05, 0.1) is 22.9 Å². The van der Waals surface area contributed by atoms with E-state index in [1.807, 2.05) is 50.2 Å². The molecule has 0 spiro atoms. The molecule has 0 radical (unpaired) electrons. The molecule has 0 unspecified atom stereocenters. The molecule has 1 aliphatic heterocycles. The number of aromatic nitrogens is 1. The van der Waals surface area contributed by atoms with Crippen molar-refractivity contribution in [1.29, 1.82) is 0 Å². The average molecular weight is 430 g/mol. The van der Waals surface area contributed by atoms with Gasteiger partial charge < -0.3 is 4.74 Å². The highest BCUT2D eigenvalue weighted by Gasteiger charge is 2.24. The van der Waals surface area contributed by atoms with Crippen LogP contribution in [0.4, 0.5) is 5.13 Å². The van der Waals surface area contributed by atoms with Crippen LogP contribution in [0.25, 0.3) is 10.2 Å². The molecule has 3 aromatic rings. The minimum atomic E-state index is -0.0223. The molecule has 7 heteroatoms. The van der Waals surface area contributed by atoms with Crippen LogP contribution < -0.4 is 4.90 Å². The second kappa shape index (κ2) is 8.79. The molecule has 1 amide bonds. The molecule has 5 nitrogen and oxygen atoms in total. The zero-order valence-electron chi connectivity index (χ0n) is 16.7. The Hall–Kier alpha value is -1.99. The molecule has 29 heavy (non-hydrogen) atoms. The molecule has 152 valence electrons. The van der Waals surface area contributed by atoms with Gasteiger partial charge in [0, 0.05) is 31.7 Å². The van der Waals surface area contributed by atoms with Gasteiger partial charge in [0.2, 0.25) is 0 Å². The van der Waals surface area contributed by atoms with Crippen molar-refractivity contribution >= 4 is 44.2 Å². The van der Waals surface area contributed by atoms with Gasteiger partial charge >= 0.3 is 0 Å². The molecule has 2 heterocycles. The van der Waals surface area contributed by atoms with E-state index in [1.165, 1.54) is 11.3 Å². The molecule has 1 fully saturated rings. The standard InChI is InChI=1S/C22H24ClN3O2S/c1-15-6-7-17(16(2)14-15)21(27)26(9-8-25-10-12-28-13-11-25)22-24-20-18(23)4-3-5-19(20)29-22/h3-7,14H,8-13H2,1-2H3. The lowest BCUT2D eigenvalue weighted by Gasteiger charge is -2.29. The van der Waals surface area contributed by atoms with Crippen LogP contribution in [0.3, 0.4) is 0 Å². The van der Waals surface area contributed by atoms with Crippen molar-refractivity contribution in [3.63, 3.8) is 0 Å². The number of ether oxygens (including phenoxy) is 1. The van der Waals surface area contributed by atoms with Gasteiger partial charge in [-0.15, -0.1) is 0 Å². The van der Waals surface area contributed by atoms with E-state index < -0.39 is 0 Å². The summed E-state index contributed by atoms with van der Waals surface area (Å²) < 4.78 is 6.42. The number of anilines is 1. The molecular weight excluding hydrogens is 406 g/mol. The summed E-state index contributed by atoms with van der Waals surface area (Å²) in [6.45, 7) is 8.62. The summed E-state index contributed by atoms with van der Waals surface area (Å²) in [6.07, 6.45) is 0. The highest BCUT2D eigenvalue weighted by atomic mass is 35.5. The Bertz CT molecular complexity index is 1030. The molecule has 0 atom stereocenters.